The third-order valence-electron chi connectivity index (χ3n) is 2.67. The number of aliphatic carboxylic acids is 1. The van der Waals surface area contributed by atoms with Crippen LogP contribution < -0.4 is 4.90 Å². The number of hydrogen-bond donors (Lipinski definition) is 1. The normalized spacial score (nSPS) is 19.8. The van der Waals surface area contributed by atoms with E-state index < -0.39 is 17.7 Å². The van der Waals surface area contributed by atoms with Crippen LogP contribution in [0.5, 0.6) is 0 Å². The highest BCUT2D eigenvalue weighted by Crippen LogP contribution is 2.29. The van der Waals surface area contributed by atoms with E-state index in [2.05, 4.69) is 15.9 Å². The van der Waals surface area contributed by atoms with Crippen molar-refractivity contribution in [2.45, 2.75) is 6.42 Å². The monoisotopic (exact) mass is 301 g/mol. The van der Waals surface area contributed by atoms with E-state index in [1.165, 1.54) is 23.1 Å². The lowest BCUT2D eigenvalue weighted by Crippen LogP contribution is -2.26. The molecule has 17 heavy (non-hydrogen) atoms. The molecule has 0 bridgehead atoms. The molecule has 6 heteroatoms. The van der Waals surface area contributed by atoms with Crippen LogP contribution in [0.1, 0.15) is 6.42 Å². The molecule has 1 aromatic carbocycles. The van der Waals surface area contributed by atoms with Gasteiger partial charge in [-0.1, -0.05) is 15.9 Å². The number of halogens is 2. The topological polar surface area (TPSA) is 57.6 Å². The van der Waals surface area contributed by atoms with Gasteiger partial charge in [0.25, 0.3) is 0 Å². The van der Waals surface area contributed by atoms with Crippen LogP contribution in [0.4, 0.5) is 10.1 Å². The molecule has 90 valence electrons. The molecular weight excluding hydrogens is 293 g/mol. The molecule has 0 radical (unpaired) electrons. The fraction of sp³-hybridized carbons (Fsp3) is 0.273. The average molecular weight is 302 g/mol. The Labute approximate surface area is 105 Å². The SMILES string of the molecule is O=C(O)C1CC(=O)N(c2cc(Br)ccc2F)C1. The predicted molar refractivity (Wildman–Crippen MR) is 62.2 cm³/mol. The van der Waals surface area contributed by atoms with Crippen molar-refractivity contribution in [2.75, 3.05) is 11.4 Å². The molecule has 1 aromatic rings. The lowest BCUT2D eigenvalue weighted by molar-refractivity contribution is -0.141. The first kappa shape index (κ1) is 12.0. The Kier molecular flexibility index (Phi) is 3.15. The summed E-state index contributed by atoms with van der Waals surface area (Å²) in [6.07, 6.45) is -0.0821. The zero-order valence-electron chi connectivity index (χ0n) is 8.69. The molecule has 0 aromatic heterocycles. The van der Waals surface area contributed by atoms with E-state index in [0.29, 0.717) is 4.47 Å². The zero-order valence-corrected chi connectivity index (χ0v) is 10.3. The van der Waals surface area contributed by atoms with Crippen molar-refractivity contribution in [3.05, 3.63) is 28.5 Å². The van der Waals surface area contributed by atoms with Crippen molar-refractivity contribution in [1.29, 1.82) is 0 Å². The van der Waals surface area contributed by atoms with E-state index in [1.807, 2.05) is 0 Å². The fourth-order valence-corrected chi connectivity index (χ4v) is 2.15. The van der Waals surface area contributed by atoms with E-state index in [9.17, 15) is 14.0 Å². The average Bonchev–Trinajstić information content (AvgIpc) is 2.64. The fourth-order valence-electron chi connectivity index (χ4n) is 1.80. The van der Waals surface area contributed by atoms with Crippen LogP contribution in [0, 0.1) is 11.7 Å². The molecule has 1 heterocycles. The van der Waals surface area contributed by atoms with Crippen LogP contribution in [0.25, 0.3) is 0 Å². The maximum absolute atomic E-state index is 13.6. The first-order valence-corrected chi connectivity index (χ1v) is 5.76. The van der Waals surface area contributed by atoms with Gasteiger partial charge in [-0.05, 0) is 18.2 Å². The van der Waals surface area contributed by atoms with E-state index in [4.69, 9.17) is 5.11 Å². The Morgan fingerprint density at radius 3 is 2.82 bits per heavy atom. The van der Waals surface area contributed by atoms with Crippen LogP contribution in [0.2, 0.25) is 0 Å². The minimum absolute atomic E-state index is 0.0154. The summed E-state index contributed by atoms with van der Waals surface area (Å²) in [5, 5.41) is 8.84. The van der Waals surface area contributed by atoms with Crippen molar-refractivity contribution < 1.29 is 19.1 Å². The number of carbonyl (C=O) groups excluding carboxylic acids is 1. The lowest BCUT2D eigenvalue weighted by atomic mass is 10.1. The van der Waals surface area contributed by atoms with Gasteiger partial charge in [-0.15, -0.1) is 0 Å². The van der Waals surface area contributed by atoms with Crippen LogP contribution in [-0.4, -0.2) is 23.5 Å². The lowest BCUT2D eigenvalue weighted by Gasteiger charge is -2.17. The Hall–Kier alpha value is -1.43. The number of anilines is 1. The molecule has 0 spiro atoms. The smallest absolute Gasteiger partial charge is 0.308 e. The van der Waals surface area contributed by atoms with Crippen molar-refractivity contribution in [3.63, 3.8) is 0 Å². The molecule has 0 saturated carbocycles. The van der Waals surface area contributed by atoms with Crippen molar-refractivity contribution in [2.24, 2.45) is 5.92 Å². The number of amides is 1. The minimum atomic E-state index is -1.03. The van der Waals surface area contributed by atoms with Crippen LogP contribution >= 0.6 is 15.9 Å². The number of benzene rings is 1. The molecule has 2 rings (SSSR count). The summed E-state index contributed by atoms with van der Waals surface area (Å²) >= 11 is 3.19. The minimum Gasteiger partial charge on any atom is -0.481 e. The molecule has 1 unspecified atom stereocenters. The highest BCUT2D eigenvalue weighted by molar-refractivity contribution is 9.10. The summed E-state index contributed by atoms with van der Waals surface area (Å²) in [6.45, 7) is 0.0154. The predicted octanol–water partition coefficient (Wildman–Crippen LogP) is 2.03. The Morgan fingerprint density at radius 1 is 1.53 bits per heavy atom. The van der Waals surface area contributed by atoms with Gasteiger partial charge in [-0.25, -0.2) is 4.39 Å². The summed E-state index contributed by atoms with van der Waals surface area (Å²) in [6, 6.07) is 4.23. The molecule has 1 aliphatic heterocycles. The van der Waals surface area contributed by atoms with Crippen LogP contribution in [-0.2, 0) is 9.59 Å². The molecule has 1 amide bonds. The quantitative estimate of drug-likeness (QED) is 0.909. The first-order valence-electron chi connectivity index (χ1n) is 4.97. The van der Waals surface area contributed by atoms with Gasteiger partial charge in [0.2, 0.25) is 5.91 Å². The number of carbonyl (C=O) groups is 2. The van der Waals surface area contributed by atoms with Crippen LogP contribution in [0.3, 0.4) is 0 Å². The van der Waals surface area contributed by atoms with E-state index in [-0.39, 0.29) is 24.6 Å². The van der Waals surface area contributed by atoms with Gasteiger partial charge in [0.1, 0.15) is 5.82 Å². The Balaban J connectivity index is 2.32. The van der Waals surface area contributed by atoms with Gasteiger partial charge < -0.3 is 10.0 Å². The van der Waals surface area contributed by atoms with Crippen molar-refractivity contribution in [1.82, 2.24) is 0 Å². The largest absolute Gasteiger partial charge is 0.481 e. The van der Waals surface area contributed by atoms with Crippen molar-refractivity contribution >= 4 is 33.5 Å². The third-order valence-corrected chi connectivity index (χ3v) is 3.17. The molecule has 0 aliphatic carbocycles. The zero-order chi connectivity index (χ0) is 12.6. The third kappa shape index (κ3) is 2.31. The second-order valence-electron chi connectivity index (χ2n) is 3.84. The highest BCUT2D eigenvalue weighted by Gasteiger charge is 2.36. The molecule has 1 saturated heterocycles. The molecular formula is C11H9BrFNO3. The first-order chi connectivity index (χ1) is 7.99. The summed E-state index contributed by atoms with van der Waals surface area (Å²) in [5.74, 6) is -2.70. The second-order valence-corrected chi connectivity index (χ2v) is 4.76. The summed E-state index contributed by atoms with van der Waals surface area (Å²) in [4.78, 5) is 23.6. The van der Waals surface area contributed by atoms with Gasteiger partial charge in [0.05, 0.1) is 11.6 Å². The standard InChI is InChI=1S/C11H9BrFNO3/c12-7-1-2-8(13)9(4-7)14-5-6(11(16)17)3-10(14)15/h1-2,4,6H,3,5H2,(H,16,17). The van der Waals surface area contributed by atoms with E-state index >= 15 is 0 Å². The number of carboxylic acids is 1. The Bertz CT molecular complexity index is 492. The number of nitrogens with zero attached hydrogens (tertiary/aromatic N) is 1. The number of rotatable bonds is 2. The summed E-state index contributed by atoms with van der Waals surface area (Å²) in [7, 11) is 0. The van der Waals surface area contributed by atoms with Gasteiger partial charge in [0, 0.05) is 17.4 Å². The highest BCUT2D eigenvalue weighted by atomic mass is 79.9. The van der Waals surface area contributed by atoms with Crippen LogP contribution in [0.15, 0.2) is 22.7 Å². The molecule has 1 aliphatic rings. The molecule has 4 nitrogen and oxygen atoms in total. The molecule has 1 atom stereocenters. The summed E-state index contributed by atoms with van der Waals surface area (Å²) in [5.41, 5.74) is 0.119. The molecule has 1 fully saturated rings. The van der Waals surface area contributed by atoms with E-state index in [0.717, 1.165) is 0 Å². The molecule has 1 N–H and O–H groups in total. The Morgan fingerprint density at radius 2 is 2.24 bits per heavy atom. The number of hydrogen-bond acceptors (Lipinski definition) is 2. The van der Waals surface area contributed by atoms with Gasteiger partial charge in [0.15, 0.2) is 0 Å². The van der Waals surface area contributed by atoms with Gasteiger partial charge in [-0.2, -0.15) is 0 Å². The van der Waals surface area contributed by atoms with Gasteiger partial charge >= 0.3 is 5.97 Å². The summed E-state index contributed by atoms with van der Waals surface area (Å²) < 4.78 is 14.2. The maximum Gasteiger partial charge on any atom is 0.308 e. The van der Waals surface area contributed by atoms with Gasteiger partial charge in [-0.3, -0.25) is 9.59 Å². The second kappa shape index (κ2) is 4.44. The van der Waals surface area contributed by atoms with E-state index in [1.54, 1.807) is 0 Å². The maximum atomic E-state index is 13.6. The van der Waals surface area contributed by atoms with Crippen molar-refractivity contribution in [3.8, 4) is 0 Å². The number of carboxylic acid groups (broad SMARTS) is 1.